The first-order valence-corrected chi connectivity index (χ1v) is 7.15. The van der Waals surface area contributed by atoms with Gasteiger partial charge in [-0.25, -0.2) is 8.78 Å². The quantitative estimate of drug-likeness (QED) is 0.671. The van der Waals surface area contributed by atoms with Crippen LogP contribution in [0.5, 0.6) is 0 Å². The second-order valence-corrected chi connectivity index (χ2v) is 5.73. The number of hydrogen-bond acceptors (Lipinski definition) is 2. The number of rotatable bonds is 2. The van der Waals surface area contributed by atoms with Gasteiger partial charge in [0.2, 0.25) is 0 Å². The molecule has 2 aromatic carbocycles. The molecular weight excluding hydrogens is 340 g/mol. The van der Waals surface area contributed by atoms with Gasteiger partial charge in [-0.15, -0.1) is 0 Å². The number of nitrogens with two attached hydrogens (primary N) is 1. The predicted octanol–water partition coefficient (Wildman–Crippen LogP) is 4.83. The minimum atomic E-state index is -0.949. The van der Waals surface area contributed by atoms with Gasteiger partial charge in [0.15, 0.2) is 11.6 Å². The molecule has 5 heteroatoms. The van der Waals surface area contributed by atoms with E-state index in [0.29, 0.717) is 16.9 Å². The van der Waals surface area contributed by atoms with E-state index in [1.54, 1.807) is 0 Å². The lowest BCUT2D eigenvalue weighted by molar-refractivity contribution is 0.494. The molecule has 0 aliphatic heterocycles. The van der Waals surface area contributed by atoms with E-state index in [2.05, 4.69) is 15.9 Å². The summed E-state index contributed by atoms with van der Waals surface area (Å²) in [6.07, 6.45) is 0. The van der Waals surface area contributed by atoms with E-state index in [4.69, 9.17) is 10.2 Å². The molecular formula is C16H12BrF2NO. The standard InChI is InChI=1S/C16H12BrF2NO/c1-8-2-5-12-9(6-8)7-13(21-12)16(20)10-3-4-11(18)15(19)14(10)17/h2-7,16H,20H2,1H3. The minimum Gasteiger partial charge on any atom is -0.459 e. The highest BCUT2D eigenvalue weighted by Crippen LogP contribution is 2.32. The van der Waals surface area contributed by atoms with Gasteiger partial charge < -0.3 is 10.2 Å². The monoisotopic (exact) mass is 351 g/mol. The molecule has 3 aromatic rings. The molecule has 0 spiro atoms. The van der Waals surface area contributed by atoms with Gasteiger partial charge in [-0.05, 0) is 52.7 Å². The zero-order valence-corrected chi connectivity index (χ0v) is 12.7. The molecule has 1 heterocycles. The predicted molar refractivity (Wildman–Crippen MR) is 81.0 cm³/mol. The maximum atomic E-state index is 13.6. The highest BCUT2D eigenvalue weighted by atomic mass is 79.9. The summed E-state index contributed by atoms with van der Waals surface area (Å²) in [4.78, 5) is 0. The van der Waals surface area contributed by atoms with Crippen molar-refractivity contribution in [3.8, 4) is 0 Å². The summed E-state index contributed by atoms with van der Waals surface area (Å²) in [6, 6.07) is 9.43. The van der Waals surface area contributed by atoms with Crippen LogP contribution in [0.25, 0.3) is 11.0 Å². The second kappa shape index (κ2) is 5.24. The Bertz CT molecular complexity index is 829. The van der Waals surface area contributed by atoms with Crippen LogP contribution >= 0.6 is 15.9 Å². The number of aryl methyl sites for hydroxylation is 1. The van der Waals surface area contributed by atoms with Crippen molar-refractivity contribution >= 4 is 26.9 Å². The molecule has 0 aliphatic rings. The van der Waals surface area contributed by atoms with Gasteiger partial charge in [0.25, 0.3) is 0 Å². The van der Waals surface area contributed by atoms with Crippen LogP contribution in [0.1, 0.15) is 22.9 Å². The van der Waals surface area contributed by atoms with Crippen molar-refractivity contribution in [3.05, 3.63) is 69.4 Å². The topological polar surface area (TPSA) is 39.2 Å². The fourth-order valence-corrected chi connectivity index (χ4v) is 2.84. The molecule has 0 bridgehead atoms. The molecule has 3 rings (SSSR count). The van der Waals surface area contributed by atoms with E-state index < -0.39 is 17.7 Å². The SMILES string of the molecule is Cc1ccc2oc(C(N)c3ccc(F)c(F)c3Br)cc2c1. The molecule has 1 aromatic heterocycles. The van der Waals surface area contributed by atoms with Crippen molar-refractivity contribution in [1.82, 2.24) is 0 Å². The molecule has 0 aliphatic carbocycles. The van der Waals surface area contributed by atoms with Crippen molar-refractivity contribution in [3.63, 3.8) is 0 Å². The first-order valence-electron chi connectivity index (χ1n) is 6.36. The van der Waals surface area contributed by atoms with E-state index >= 15 is 0 Å². The highest BCUT2D eigenvalue weighted by molar-refractivity contribution is 9.10. The lowest BCUT2D eigenvalue weighted by Crippen LogP contribution is -2.12. The van der Waals surface area contributed by atoms with Crippen LogP contribution in [0.2, 0.25) is 0 Å². The van der Waals surface area contributed by atoms with Gasteiger partial charge in [0, 0.05) is 5.39 Å². The average molecular weight is 352 g/mol. The van der Waals surface area contributed by atoms with Crippen molar-refractivity contribution in [2.24, 2.45) is 5.73 Å². The molecule has 0 fully saturated rings. The summed E-state index contributed by atoms with van der Waals surface area (Å²) in [5.41, 5.74) is 8.38. The Morgan fingerprint density at radius 1 is 1.14 bits per heavy atom. The largest absolute Gasteiger partial charge is 0.459 e. The summed E-state index contributed by atoms with van der Waals surface area (Å²) in [6.45, 7) is 1.98. The summed E-state index contributed by atoms with van der Waals surface area (Å²) in [7, 11) is 0. The molecule has 21 heavy (non-hydrogen) atoms. The molecule has 1 atom stereocenters. The van der Waals surface area contributed by atoms with E-state index in [-0.39, 0.29) is 4.47 Å². The Balaban J connectivity index is 2.08. The van der Waals surface area contributed by atoms with Crippen LogP contribution in [0.4, 0.5) is 8.78 Å². The first-order chi connectivity index (χ1) is 9.97. The third kappa shape index (κ3) is 2.47. The lowest BCUT2D eigenvalue weighted by atomic mass is 10.0. The van der Waals surface area contributed by atoms with Gasteiger partial charge in [-0.3, -0.25) is 0 Å². The molecule has 108 valence electrons. The molecule has 2 N–H and O–H groups in total. The van der Waals surface area contributed by atoms with Crippen molar-refractivity contribution in [2.75, 3.05) is 0 Å². The van der Waals surface area contributed by atoms with E-state index in [9.17, 15) is 8.78 Å². The third-order valence-electron chi connectivity index (χ3n) is 3.40. The molecule has 0 saturated carbocycles. The molecule has 0 radical (unpaired) electrons. The molecule has 1 unspecified atom stereocenters. The van der Waals surface area contributed by atoms with Crippen LogP contribution in [-0.4, -0.2) is 0 Å². The Morgan fingerprint density at radius 2 is 1.90 bits per heavy atom. The number of halogens is 3. The van der Waals surface area contributed by atoms with Crippen LogP contribution in [0.15, 0.2) is 45.3 Å². The fraction of sp³-hybridized carbons (Fsp3) is 0.125. The maximum absolute atomic E-state index is 13.6. The van der Waals surface area contributed by atoms with Crippen LogP contribution in [-0.2, 0) is 0 Å². The summed E-state index contributed by atoms with van der Waals surface area (Å²) < 4.78 is 32.5. The molecule has 0 amide bonds. The van der Waals surface area contributed by atoms with Crippen molar-refractivity contribution < 1.29 is 13.2 Å². The Hall–Kier alpha value is -1.72. The number of benzene rings is 2. The van der Waals surface area contributed by atoms with Crippen molar-refractivity contribution in [2.45, 2.75) is 13.0 Å². The van der Waals surface area contributed by atoms with Gasteiger partial charge in [0.1, 0.15) is 11.3 Å². The van der Waals surface area contributed by atoms with E-state index in [1.807, 2.05) is 31.2 Å². The lowest BCUT2D eigenvalue weighted by Gasteiger charge is -2.12. The number of furan rings is 1. The second-order valence-electron chi connectivity index (χ2n) is 4.93. The third-order valence-corrected chi connectivity index (χ3v) is 4.20. The zero-order chi connectivity index (χ0) is 15.1. The smallest absolute Gasteiger partial charge is 0.173 e. The van der Waals surface area contributed by atoms with Crippen LogP contribution in [0, 0.1) is 18.6 Å². The van der Waals surface area contributed by atoms with E-state index in [1.165, 1.54) is 6.07 Å². The van der Waals surface area contributed by atoms with Gasteiger partial charge in [0.05, 0.1) is 10.5 Å². The first kappa shape index (κ1) is 14.2. The highest BCUT2D eigenvalue weighted by Gasteiger charge is 2.20. The minimum absolute atomic E-state index is 0.0200. The Labute approximate surface area is 128 Å². The summed E-state index contributed by atoms with van der Waals surface area (Å²) in [5, 5.41) is 0.930. The zero-order valence-electron chi connectivity index (χ0n) is 11.2. The fourth-order valence-electron chi connectivity index (χ4n) is 2.27. The number of hydrogen-bond donors (Lipinski definition) is 1. The van der Waals surface area contributed by atoms with Crippen LogP contribution in [0.3, 0.4) is 0 Å². The van der Waals surface area contributed by atoms with E-state index in [0.717, 1.165) is 17.0 Å². The summed E-state index contributed by atoms with van der Waals surface area (Å²) in [5.74, 6) is -1.37. The van der Waals surface area contributed by atoms with Crippen molar-refractivity contribution in [1.29, 1.82) is 0 Å². The maximum Gasteiger partial charge on any atom is 0.173 e. The summed E-state index contributed by atoms with van der Waals surface area (Å²) >= 11 is 3.05. The van der Waals surface area contributed by atoms with Gasteiger partial charge in [-0.2, -0.15) is 0 Å². The van der Waals surface area contributed by atoms with Gasteiger partial charge >= 0.3 is 0 Å². The normalized spacial score (nSPS) is 12.8. The average Bonchev–Trinajstić information content (AvgIpc) is 2.87. The molecule has 2 nitrogen and oxygen atoms in total. The Morgan fingerprint density at radius 3 is 2.67 bits per heavy atom. The Kier molecular flexibility index (Phi) is 3.55. The molecule has 0 saturated heterocycles. The van der Waals surface area contributed by atoms with Gasteiger partial charge in [-0.1, -0.05) is 17.7 Å². The number of fused-ring (bicyclic) bond motifs is 1. The van der Waals surface area contributed by atoms with Crippen LogP contribution < -0.4 is 5.73 Å².